The van der Waals surface area contributed by atoms with Crippen molar-refractivity contribution < 1.29 is 5.11 Å². The smallest absolute Gasteiger partial charge is 0.180 e. The van der Waals surface area contributed by atoms with Gasteiger partial charge in [-0.25, -0.2) is 9.97 Å². The van der Waals surface area contributed by atoms with Gasteiger partial charge in [-0.15, -0.1) is 0 Å². The number of fused-ring (bicyclic) bond motifs is 1. The van der Waals surface area contributed by atoms with Gasteiger partial charge in [0.05, 0.1) is 0 Å². The molecule has 0 atom stereocenters. The summed E-state index contributed by atoms with van der Waals surface area (Å²) in [6.45, 7) is 0.320. The average Bonchev–Trinajstić information content (AvgIpc) is 2.54. The zero-order valence-corrected chi connectivity index (χ0v) is 11.7. The summed E-state index contributed by atoms with van der Waals surface area (Å²) in [4.78, 5) is 15.3. The predicted octanol–water partition coefficient (Wildman–Crippen LogP) is 2.01. The highest BCUT2D eigenvalue weighted by Crippen LogP contribution is 2.29. The molecule has 3 rings (SSSR count). The molecule has 1 aliphatic carbocycles. The average molecular weight is 272 g/mol. The standard InChI is InChI=1S/C15H20N4O/c1-19(12-4-2-11(10-20)3-5-12)14-7-6-13-15(18-14)17-9-8-16-13/h6-9,11-12,20H,2-5,10H2,1H3. The maximum absolute atomic E-state index is 9.21. The number of nitrogens with zero attached hydrogens (tertiary/aromatic N) is 4. The second-order valence-corrected chi connectivity index (χ2v) is 5.54. The lowest BCUT2D eigenvalue weighted by Crippen LogP contribution is -2.36. The molecular formula is C15H20N4O. The molecule has 0 bridgehead atoms. The Hall–Kier alpha value is -1.75. The number of hydrogen-bond acceptors (Lipinski definition) is 5. The van der Waals surface area contributed by atoms with Crippen LogP contribution in [0, 0.1) is 5.92 Å². The number of aliphatic hydroxyl groups is 1. The molecular weight excluding hydrogens is 252 g/mol. The molecule has 0 spiro atoms. The molecule has 1 fully saturated rings. The monoisotopic (exact) mass is 272 g/mol. The zero-order chi connectivity index (χ0) is 13.9. The number of hydrogen-bond donors (Lipinski definition) is 1. The number of aromatic nitrogens is 3. The Balaban J connectivity index is 1.77. The van der Waals surface area contributed by atoms with Crippen LogP contribution >= 0.6 is 0 Å². The quantitative estimate of drug-likeness (QED) is 0.926. The first-order chi connectivity index (χ1) is 9.78. The Morgan fingerprint density at radius 3 is 2.65 bits per heavy atom. The summed E-state index contributed by atoms with van der Waals surface area (Å²) in [5, 5.41) is 9.21. The van der Waals surface area contributed by atoms with Gasteiger partial charge in [-0.1, -0.05) is 0 Å². The molecule has 0 aromatic carbocycles. The molecule has 2 heterocycles. The summed E-state index contributed by atoms with van der Waals surface area (Å²) in [5.41, 5.74) is 1.52. The van der Waals surface area contributed by atoms with Crippen LogP contribution < -0.4 is 4.90 Å². The van der Waals surface area contributed by atoms with E-state index in [1.54, 1.807) is 12.4 Å². The molecule has 2 aromatic rings. The van der Waals surface area contributed by atoms with E-state index in [4.69, 9.17) is 0 Å². The van der Waals surface area contributed by atoms with E-state index in [0.717, 1.165) is 37.0 Å². The number of pyridine rings is 1. The fourth-order valence-corrected chi connectivity index (χ4v) is 2.94. The van der Waals surface area contributed by atoms with Crippen molar-refractivity contribution in [2.45, 2.75) is 31.7 Å². The lowest BCUT2D eigenvalue weighted by Gasteiger charge is -2.34. The fourth-order valence-electron chi connectivity index (χ4n) is 2.94. The molecule has 1 saturated carbocycles. The van der Waals surface area contributed by atoms with Crippen molar-refractivity contribution in [1.82, 2.24) is 15.0 Å². The lowest BCUT2D eigenvalue weighted by atomic mass is 9.86. The van der Waals surface area contributed by atoms with Gasteiger partial charge in [-0.05, 0) is 43.7 Å². The van der Waals surface area contributed by atoms with E-state index in [-0.39, 0.29) is 0 Å². The van der Waals surface area contributed by atoms with Crippen LogP contribution in [0.15, 0.2) is 24.5 Å². The summed E-state index contributed by atoms with van der Waals surface area (Å²) in [5.74, 6) is 1.43. The first kappa shape index (κ1) is 13.2. The van der Waals surface area contributed by atoms with Gasteiger partial charge in [0.25, 0.3) is 0 Å². The SMILES string of the molecule is CN(c1ccc2nccnc2n1)C1CCC(CO)CC1. The fraction of sp³-hybridized carbons (Fsp3) is 0.533. The minimum absolute atomic E-state index is 0.320. The number of anilines is 1. The Bertz CT molecular complexity index is 581. The van der Waals surface area contributed by atoms with Gasteiger partial charge in [0, 0.05) is 32.1 Å². The molecule has 5 nitrogen and oxygen atoms in total. The van der Waals surface area contributed by atoms with Crippen LogP contribution in [0.5, 0.6) is 0 Å². The number of rotatable bonds is 3. The van der Waals surface area contributed by atoms with Crippen molar-refractivity contribution in [1.29, 1.82) is 0 Å². The van der Waals surface area contributed by atoms with Gasteiger partial charge < -0.3 is 10.0 Å². The normalized spacial score (nSPS) is 22.9. The van der Waals surface area contributed by atoms with Crippen LogP contribution in [0.4, 0.5) is 5.82 Å². The highest BCUT2D eigenvalue weighted by molar-refractivity contribution is 5.71. The first-order valence-electron chi connectivity index (χ1n) is 7.19. The highest BCUT2D eigenvalue weighted by atomic mass is 16.3. The van der Waals surface area contributed by atoms with E-state index in [0.29, 0.717) is 24.2 Å². The Morgan fingerprint density at radius 2 is 1.90 bits per heavy atom. The van der Waals surface area contributed by atoms with Crippen molar-refractivity contribution in [3.8, 4) is 0 Å². The van der Waals surface area contributed by atoms with Crippen molar-refractivity contribution in [3.05, 3.63) is 24.5 Å². The second kappa shape index (κ2) is 5.71. The third-order valence-corrected chi connectivity index (χ3v) is 4.30. The summed E-state index contributed by atoms with van der Waals surface area (Å²) in [6, 6.07) is 4.48. The third kappa shape index (κ3) is 2.58. The van der Waals surface area contributed by atoms with Gasteiger partial charge in [0.1, 0.15) is 11.3 Å². The van der Waals surface area contributed by atoms with E-state index < -0.39 is 0 Å². The first-order valence-corrected chi connectivity index (χ1v) is 7.19. The van der Waals surface area contributed by atoms with E-state index >= 15 is 0 Å². The van der Waals surface area contributed by atoms with E-state index in [1.165, 1.54) is 0 Å². The maximum atomic E-state index is 9.21. The number of aliphatic hydroxyl groups excluding tert-OH is 1. The Kier molecular flexibility index (Phi) is 3.78. The van der Waals surface area contributed by atoms with Gasteiger partial charge in [0.2, 0.25) is 0 Å². The van der Waals surface area contributed by atoms with Crippen molar-refractivity contribution in [2.75, 3.05) is 18.6 Å². The molecule has 0 aliphatic heterocycles. The Morgan fingerprint density at radius 1 is 1.15 bits per heavy atom. The Labute approximate surface area is 118 Å². The molecule has 0 radical (unpaired) electrons. The topological polar surface area (TPSA) is 62.1 Å². The summed E-state index contributed by atoms with van der Waals surface area (Å²) < 4.78 is 0. The van der Waals surface area contributed by atoms with Crippen LogP contribution in [-0.4, -0.2) is 39.8 Å². The van der Waals surface area contributed by atoms with Gasteiger partial charge in [-0.2, -0.15) is 0 Å². The molecule has 0 saturated heterocycles. The van der Waals surface area contributed by atoms with Crippen molar-refractivity contribution in [2.24, 2.45) is 5.92 Å². The van der Waals surface area contributed by atoms with Gasteiger partial charge in [0.15, 0.2) is 5.65 Å². The summed E-state index contributed by atoms with van der Waals surface area (Å²) in [7, 11) is 2.09. The molecule has 2 aromatic heterocycles. The minimum Gasteiger partial charge on any atom is -0.396 e. The maximum Gasteiger partial charge on any atom is 0.180 e. The van der Waals surface area contributed by atoms with Crippen molar-refractivity contribution >= 4 is 17.0 Å². The van der Waals surface area contributed by atoms with E-state index in [2.05, 4.69) is 26.9 Å². The molecule has 5 heteroatoms. The second-order valence-electron chi connectivity index (χ2n) is 5.54. The van der Waals surface area contributed by atoms with Crippen LogP contribution in [0.2, 0.25) is 0 Å². The van der Waals surface area contributed by atoms with E-state index in [9.17, 15) is 5.11 Å². The molecule has 1 aliphatic rings. The summed E-state index contributed by atoms with van der Waals surface area (Å²) in [6.07, 6.45) is 7.77. The largest absolute Gasteiger partial charge is 0.396 e. The molecule has 106 valence electrons. The van der Waals surface area contributed by atoms with Crippen LogP contribution in [0.1, 0.15) is 25.7 Å². The van der Waals surface area contributed by atoms with Gasteiger partial charge in [-0.3, -0.25) is 4.98 Å². The van der Waals surface area contributed by atoms with Crippen LogP contribution in [-0.2, 0) is 0 Å². The van der Waals surface area contributed by atoms with E-state index in [1.807, 2.05) is 12.1 Å². The predicted molar refractivity (Wildman–Crippen MR) is 78.6 cm³/mol. The molecule has 0 amide bonds. The highest BCUT2D eigenvalue weighted by Gasteiger charge is 2.24. The third-order valence-electron chi connectivity index (χ3n) is 4.30. The summed E-state index contributed by atoms with van der Waals surface area (Å²) >= 11 is 0. The van der Waals surface area contributed by atoms with Crippen LogP contribution in [0.25, 0.3) is 11.2 Å². The molecule has 0 unspecified atom stereocenters. The van der Waals surface area contributed by atoms with Crippen molar-refractivity contribution in [3.63, 3.8) is 0 Å². The van der Waals surface area contributed by atoms with Crippen LogP contribution in [0.3, 0.4) is 0 Å². The van der Waals surface area contributed by atoms with Gasteiger partial charge >= 0.3 is 0 Å². The molecule has 20 heavy (non-hydrogen) atoms. The minimum atomic E-state index is 0.320. The lowest BCUT2D eigenvalue weighted by molar-refractivity contribution is 0.182. The zero-order valence-electron chi connectivity index (χ0n) is 11.7. The molecule has 1 N–H and O–H groups in total.